The molecule has 34 heavy (non-hydrogen) atoms. The Morgan fingerprint density at radius 2 is 1.32 bits per heavy atom. The van der Waals surface area contributed by atoms with E-state index in [0.29, 0.717) is 18.7 Å². The van der Waals surface area contributed by atoms with E-state index in [4.69, 9.17) is 0 Å². The molecule has 0 fully saturated rings. The third kappa shape index (κ3) is 4.59. The Balaban J connectivity index is 1.16. The number of rotatable bonds is 5. The summed E-state index contributed by atoms with van der Waals surface area (Å²) in [7, 11) is 0. The summed E-state index contributed by atoms with van der Waals surface area (Å²) in [6, 6.07) is 26.8. The first-order valence-corrected chi connectivity index (χ1v) is 11.0. The molecule has 0 atom stereocenters. The maximum absolute atomic E-state index is 12.7. The van der Waals surface area contributed by atoms with Crippen molar-refractivity contribution in [3.05, 3.63) is 103 Å². The number of urea groups is 1. The van der Waals surface area contributed by atoms with Crippen molar-refractivity contribution in [2.24, 2.45) is 0 Å². The van der Waals surface area contributed by atoms with E-state index in [0.717, 1.165) is 32.9 Å². The second-order valence-corrected chi connectivity index (χ2v) is 7.89. The lowest BCUT2D eigenvalue weighted by atomic mass is 10.1. The number of amides is 3. The summed E-state index contributed by atoms with van der Waals surface area (Å²) in [6.07, 6.45) is 3.65. The minimum atomic E-state index is -0.295. The van der Waals surface area contributed by atoms with Crippen LogP contribution in [-0.4, -0.2) is 28.2 Å². The van der Waals surface area contributed by atoms with Crippen molar-refractivity contribution in [1.29, 1.82) is 0 Å². The molecule has 3 amide bonds. The molecule has 3 N–H and O–H groups in total. The van der Waals surface area contributed by atoms with Gasteiger partial charge in [0.25, 0.3) is 0 Å². The normalized spacial score (nSPS) is 10.8. The molecule has 7 nitrogen and oxygen atoms in total. The van der Waals surface area contributed by atoms with E-state index in [1.807, 2.05) is 84.9 Å². The van der Waals surface area contributed by atoms with Gasteiger partial charge in [-0.25, -0.2) is 14.6 Å². The molecule has 0 aliphatic rings. The molecule has 0 saturated heterocycles. The van der Waals surface area contributed by atoms with E-state index in [-0.39, 0.29) is 12.1 Å². The summed E-state index contributed by atoms with van der Waals surface area (Å²) in [5.74, 6) is 0. The minimum Gasteiger partial charge on any atom is -0.337 e. The second kappa shape index (κ2) is 9.46. The molecule has 1 heterocycles. The summed E-state index contributed by atoms with van der Waals surface area (Å²) in [5.41, 5.74) is 2.20. The van der Waals surface area contributed by atoms with E-state index in [9.17, 15) is 9.59 Å². The van der Waals surface area contributed by atoms with Gasteiger partial charge >= 0.3 is 12.1 Å². The van der Waals surface area contributed by atoms with Gasteiger partial charge in [0.15, 0.2) is 0 Å². The Morgan fingerprint density at radius 3 is 2.00 bits per heavy atom. The Hall–Kier alpha value is -4.65. The number of hydrogen-bond acceptors (Lipinski definition) is 3. The Morgan fingerprint density at radius 1 is 0.735 bits per heavy atom. The van der Waals surface area contributed by atoms with Crippen LogP contribution in [0, 0.1) is 0 Å². The SMILES string of the molecule is O=C(NCCc1cn(C(=O)Nc2cccc3ccccc23)cn1)Nc1cccc2ccccc12. The fourth-order valence-corrected chi connectivity index (χ4v) is 3.92. The highest BCUT2D eigenvalue weighted by Gasteiger charge is 2.10. The Kier molecular flexibility index (Phi) is 5.90. The summed E-state index contributed by atoms with van der Waals surface area (Å²) >= 11 is 0. The number of hydrogen-bond donors (Lipinski definition) is 3. The van der Waals surface area contributed by atoms with Crippen LogP contribution in [0.4, 0.5) is 21.0 Å². The van der Waals surface area contributed by atoms with E-state index < -0.39 is 0 Å². The van der Waals surface area contributed by atoms with Gasteiger partial charge in [0, 0.05) is 29.9 Å². The molecular weight excluding hydrogens is 426 g/mol. The van der Waals surface area contributed by atoms with E-state index in [2.05, 4.69) is 20.9 Å². The zero-order valence-corrected chi connectivity index (χ0v) is 18.4. The first-order chi connectivity index (χ1) is 16.7. The maximum atomic E-state index is 12.7. The van der Waals surface area contributed by atoms with Gasteiger partial charge in [-0.2, -0.15) is 0 Å². The highest BCUT2D eigenvalue weighted by atomic mass is 16.2. The molecule has 5 rings (SSSR count). The summed E-state index contributed by atoms with van der Waals surface area (Å²) in [5, 5.41) is 12.7. The van der Waals surface area contributed by atoms with E-state index in [1.54, 1.807) is 6.20 Å². The summed E-state index contributed by atoms with van der Waals surface area (Å²) < 4.78 is 1.41. The second-order valence-electron chi connectivity index (χ2n) is 7.89. The van der Waals surface area contributed by atoms with Crippen molar-refractivity contribution in [3.63, 3.8) is 0 Å². The fraction of sp³-hybridized carbons (Fsp3) is 0.0741. The molecule has 0 bridgehead atoms. The monoisotopic (exact) mass is 449 g/mol. The van der Waals surface area contributed by atoms with Crippen molar-refractivity contribution in [3.8, 4) is 0 Å². The van der Waals surface area contributed by atoms with Crippen molar-refractivity contribution < 1.29 is 9.59 Å². The first kappa shape index (κ1) is 21.2. The van der Waals surface area contributed by atoms with Crippen LogP contribution in [0.3, 0.4) is 0 Å². The number of anilines is 2. The lowest BCUT2D eigenvalue weighted by Gasteiger charge is -2.10. The van der Waals surface area contributed by atoms with Gasteiger partial charge in [0.1, 0.15) is 6.33 Å². The predicted octanol–water partition coefficient (Wildman–Crippen LogP) is 5.63. The molecule has 4 aromatic carbocycles. The van der Waals surface area contributed by atoms with Gasteiger partial charge in [-0.05, 0) is 22.9 Å². The van der Waals surface area contributed by atoms with Gasteiger partial charge in [-0.3, -0.25) is 4.57 Å². The Labute approximate surface area is 196 Å². The van der Waals surface area contributed by atoms with Crippen LogP contribution in [0.2, 0.25) is 0 Å². The molecule has 7 heteroatoms. The van der Waals surface area contributed by atoms with E-state index >= 15 is 0 Å². The fourth-order valence-electron chi connectivity index (χ4n) is 3.92. The molecule has 0 unspecified atom stereocenters. The number of carbonyl (C=O) groups excluding carboxylic acids is 2. The van der Waals surface area contributed by atoms with Gasteiger partial charge in [-0.1, -0.05) is 72.8 Å². The molecule has 0 spiro atoms. The van der Waals surface area contributed by atoms with Crippen LogP contribution in [0.15, 0.2) is 97.5 Å². The van der Waals surface area contributed by atoms with E-state index in [1.165, 1.54) is 10.9 Å². The molecule has 0 saturated carbocycles. The van der Waals surface area contributed by atoms with Gasteiger partial charge in [-0.15, -0.1) is 0 Å². The summed E-state index contributed by atoms with van der Waals surface area (Å²) in [6.45, 7) is 0.387. The maximum Gasteiger partial charge on any atom is 0.331 e. The predicted molar refractivity (Wildman–Crippen MR) is 135 cm³/mol. The number of benzene rings is 4. The Bertz CT molecular complexity index is 1480. The van der Waals surface area contributed by atoms with Crippen LogP contribution in [0.5, 0.6) is 0 Å². The van der Waals surface area contributed by atoms with Crippen LogP contribution in [0.25, 0.3) is 21.5 Å². The summed E-state index contributed by atoms with van der Waals surface area (Å²) in [4.78, 5) is 29.3. The molecule has 0 radical (unpaired) electrons. The molecular formula is C27H23N5O2. The van der Waals surface area contributed by atoms with Crippen molar-refractivity contribution >= 4 is 45.0 Å². The average Bonchev–Trinajstić information content (AvgIpc) is 3.34. The van der Waals surface area contributed by atoms with Crippen molar-refractivity contribution in [2.75, 3.05) is 17.2 Å². The first-order valence-electron chi connectivity index (χ1n) is 11.0. The average molecular weight is 450 g/mol. The van der Waals surface area contributed by atoms with Crippen molar-refractivity contribution in [2.45, 2.75) is 6.42 Å². The number of nitrogens with zero attached hydrogens (tertiary/aromatic N) is 2. The molecule has 1 aromatic heterocycles. The van der Waals surface area contributed by atoms with Crippen LogP contribution < -0.4 is 16.0 Å². The molecule has 5 aromatic rings. The smallest absolute Gasteiger partial charge is 0.331 e. The van der Waals surface area contributed by atoms with Crippen LogP contribution in [0.1, 0.15) is 5.69 Å². The number of carbonyl (C=O) groups is 2. The van der Waals surface area contributed by atoms with Crippen molar-refractivity contribution in [1.82, 2.24) is 14.9 Å². The lowest BCUT2D eigenvalue weighted by molar-refractivity contribution is 0.251. The molecule has 0 aliphatic carbocycles. The molecule has 0 aliphatic heterocycles. The van der Waals surface area contributed by atoms with Crippen LogP contribution >= 0.6 is 0 Å². The third-order valence-electron chi connectivity index (χ3n) is 5.61. The highest BCUT2D eigenvalue weighted by Crippen LogP contribution is 2.24. The lowest BCUT2D eigenvalue weighted by Crippen LogP contribution is -2.30. The number of nitrogens with one attached hydrogen (secondary N) is 3. The zero-order chi connectivity index (χ0) is 23.3. The number of imidazole rings is 1. The zero-order valence-electron chi connectivity index (χ0n) is 18.4. The minimum absolute atomic E-state index is 0.288. The molecule has 168 valence electrons. The van der Waals surface area contributed by atoms with Gasteiger partial charge in [0.05, 0.1) is 17.1 Å². The van der Waals surface area contributed by atoms with Gasteiger partial charge in [0.2, 0.25) is 0 Å². The largest absolute Gasteiger partial charge is 0.337 e. The standard InChI is InChI=1S/C27H23N5O2/c33-26(30-24-13-5-9-19-7-1-3-11-22(19)24)28-16-15-21-17-32(18-29-21)27(34)31-25-14-6-10-20-8-2-4-12-23(20)25/h1-14,17-18H,15-16H2,(H,31,34)(H2,28,30,33). The highest BCUT2D eigenvalue weighted by molar-refractivity contribution is 6.02. The van der Waals surface area contributed by atoms with Crippen LogP contribution in [-0.2, 0) is 6.42 Å². The number of fused-ring (bicyclic) bond motifs is 2. The van der Waals surface area contributed by atoms with Gasteiger partial charge < -0.3 is 16.0 Å². The quantitative estimate of drug-likeness (QED) is 0.325. The topological polar surface area (TPSA) is 88.1 Å². The number of aromatic nitrogens is 2. The third-order valence-corrected chi connectivity index (χ3v) is 5.61.